The van der Waals surface area contributed by atoms with Crippen LogP contribution >= 0.6 is 0 Å². The molecule has 1 amide bonds. The molecule has 21 heavy (non-hydrogen) atoms. The van der Waals surface area contributed by atoms with E-state index in [1.54, 1.807) is 13.8 Å². The van der Waals surface area contributed by atoms with Crippen LogP contribution in [0, 0.1) is 5.41 Å². The lowest BCUT2D eigenvalue weighted by Crippen LogP contribution is -2.42. The van der Waals surface area contributed by atoms with Gasteiger partial charge < -0.3 is 11.1 Å². The van der Waals surface area contributed by atoms with Gasteiger partial charge in [-0.1, -0.05) is 6.92 Å². The van der Waals surface area contributed by atoms with Gasteiger partial charge in [-0.05, 0) is 20.3 Å². The van der Waals surface area contributed by atoms with Gasteiger partial charge in [-0.3, -0.25) is 4.79 Å². The largest absolute Gasteiger partial charge is 0.369 e. The molecule has 0 spiro atoms. The van der Waals surface area contributed by atoms with Gasteiger partial charge in [-0.15, -0.1) is 0 Å². The molecule has 4 N–H and O–H groups in total. The van der Waals surface area contributed by atoms with Gasteiger partial charge in [0.2, 0.25) is 21.9 Å². The molecule has 1 rings (SSSR count). The zero-order chi connectivity index (χ0) is 16.1. The third kappa shape index (κ3) is 4.94. The first-order chi connectivity index (χ1) is 9.69. The highest BCUT2D eigenvalue weighted by Crippen LogP contribution is 2.14. The second-order valence-corrected chi connectivity index (χ2v) is 7.01. The number of nitrogens with one attached hydrogen (secondary N) is 2. The van der Waals surface area contributed by atoms with Gasteiger partial charge in [0.05, 0.1) is 17.8 Å². The van der Waals surface area contributed by atoms with E-state index in [1.807, 2.05) is 6.92 Å². The summed E-state index contributed by atoms with van der Waals surface area (Å²) in [5.41, 5.74) is 4.22. The van der Waals surface area contributed by atoms with Crippen molar-refractivity contribution in [1.82, 2.24) is 14.7 Å². The van der Waals surface area contributed by atoms with Gasteiger partial charge >= 0.3 is 0 Å². The average Bonchev–Trinajstić information content (AvgIpc) is 2.43. The summed E-state index contributed by atoms with van der Waals surface area (Å²) in [5.74, 6) is -0.214. The van der Waals surface area contributed by atoms with Crippen molar-refractivity contribution in [3.8, 4) is 0 Å². The van der Waals surface area contributed by atoms with Crippen molar-refractivity contribution in [2.24, 2.45) is 11.1 Å². The van der Waals surface area contributed by atoms with E-state index in [9.17, 15) is 13.2 Å². The molecular formula is C12H21N5O3S. The number of nitrogens with zero attached hydrogens (tertiary/aromatic N) is 2. The van der Waals surface area contributed by atoms with Gasteiger partial charge in [-0.2, -0.15) is 0 Å². The maximum absolute atomic E-state index is 12.1. The molecule has 1 aromatic heterocycles. The number of primary amides is 1. The SMILES string of the molecule is CCCNc1ncc(S(=O)(=O)NCC(C)(C)C(N)=O)cn1. The molecule has 0 saturated carbocycles. The first-order valence-corrected chi connectivity index (χ1v) is 8.03. The van der Waals surface area contributed by atoms with E-state index in [4.69, 9.17) is 5.73 Å². The van der Waals surface area contributed by atoms with Crippen LogP contribution in [0.5, 0.6) is 0 Å². The summed E-state index contributed by atoms with van der Waals surface area (Å²) < 4.78 is 26.5. The van der Waals surface area contributed by atoms with Gasteiger partial charge in [0.15, 0.2) is 0 Å². The summed E-state index contributed by atoms with van der Waals surface area (Å²) >= 11 is 0. The van der Waals surface area contributed by atoms with E-state index in [1.165, 1.54) is 12.4 Å². The van der Waals surface area contributed by atoms with E-state index >= 15 is 0 Å². The zero-order valence-corrected chi connectivity index (χ0v) is 13.2. The summed E-state index contributed by atoms with van der Waals surface area (Å²) in [6.07, 6.45) is 3.34. The van der Waals surface area contributed by atoms with Gasteiger partial charge in [0, 0.05) is 13.1 Å². The van der Waals surface area contributed by atoms with E-state index in [2.05, 4.69) is 20.0 Å². The number of carbonyl (C=O) groups is 1. The Labute approximate surface area is 124 Å². The second-order valence-electron chi connectivity index (χ2n) is 5.24. The summed E-state index contributed by atoms with van der Waals surface area (Å²) in [7, 11) is -3.77. The summed E-state index contributed by atoms with van der Waals surface area (Å²) in [6.45, 7) is 5.73. The fraction of sp³-hybridized carbons (Fsp3) is 0.583. The van der Waals surface area contributed by atoms with Crippen molar-refractivity contribution in [3.63, 3.8) is 0 Å². The molecule has 0 fully saturated rings. The molecule has 0 aliphatic rings. The predicted molar refractivity (Wildman–Crippen MR) is 79.0 cm³/mol. The molecule has 0 bridgehead atoms. The van der Waals surface area contributed by atoms with E-state index in [-0.39, 0.29) is 11.4 Å². The van der Waals surface area contributed by atoms with Crippen molar-refractivity contribution in [2.75, 3.05) is 18.4 Å². The van der Waals surface area contributed by atoms with Gasteiger partial charge in [-0.25, -0.2) is 23.1 Å². The number of hydrogen-bond donors (Lipinski definition) is 3. The molecular weight excluding hydrogens is 294 g/mol. The number of hydrogen-bond acceptors (Lipinski definition) is 6. The molecule has 0 saturated heterocycles. The molecule has 9 heteroatoms. The van der Waals surface area contributed by atoms with Crippen LogP contribution in [0.15, 0.2) is 17.3 Å². The predicted octanol–water partition coefficient (Wildman–Crippen LogP) is 0.0883. The topological polar surface area (TPSA) is 127 Å². The maximum Gasteiger partial charge on any atom is 0.243 e. The first kappa shape index (κ1) is 17.3. The minimum atomic E-state index is -3.77. The molecule has 0 unspecified atom stereocenters. The van der Waals surface area contributed by atoms with Crippen molar-refractivity contribution >= 4 is 21.9 Å². The molecule has 1 aromatic rings. The average molecular weight is 315 g/mol. The quantitative estimate of drug-likeness (QED) is 0.624. The van der Waals surface area contributed by atoms with Crippen molar-refractivity contribution in [1.29, 1.82) is 0 Å². The lowest BCUT2D eigenvalue weighted by Gasteiger charge is -2.20. The number of rotatable bonds is 8. The molecule has 0 atom stereocenters. The van der Waals surface area contributed by atoms with Crippen LogP contribution < -0.4 is 15.8 Å². The van der Waals surface area contributed by atoms with Crippen LogP contribution in [0.1, 0.15) is 27.2 Å². The van der Waals surface area contributed by atoms with Crippen LogP contribution in [-0.2, 0) is 14.8 Å². The van der Waals surface area contributed by atoms with Crippen LogP contribution in [-0.4, -0.2) is 37.4 Å². The van der Waals surface area contributed by atoms with Crippen LogP contribution in [0.3, 0.4) is 0 Å². The monoisotopic (exact) mass is 315 g/mol. The third-order valence-corrected chi connectivity index (χ3v) is 4.20. The number of carbonyl (C=O) groups excluding carboxylic acids is 1. The fourth-order valence-electron chi connectivity index (χ4n) is 1.23. The Balaban J connectivity index is 2.77. The molecule has 118 valence electrons. The fourth-order valence-corrected chi connectivity index (χ4v) is 2.33. The van der Waals surface area contributed by atoms with Crippen LogP contribution in [0.2, 0.25) is 0 Å². The molecule has 0 radical (unpaired) electrons. The zero-order valence-electron chi connectivity index (χ0n) is 12.4. The maximum atomic E-state index is 12.1. The van der Waals surface area contributed by atoms with Crippen molar-refractivity contribution in [2.45, 2.75) is 32.1 Å². The Hall–Kier alpha value is -1.74. The van der Waals surface area contributed by atoms with Crippen LogP contribution in [0.4, 0.5) is 5.95 Å². The summed E-state index contributed by atoms with van der Waals surface area (Å²) in [6, 6.07) is 0. The molecule has 8 nitrogen and oxygen atoms in total. The van der Waals surface area contributed by atoms with Crippen LogP contribution in [0.25, 0.3) is 0 Å². The van der Waals surface area contributed by atoms with Crippen molar-refractivity contribution in [3.05, 3.63) is 12.4 Å². The number of amides is 1. The number of sulfonamides is 1. The smallest absolute Gasteiger partial charge is 0.243 e. The highest BCUT2D eigenvalue weighted by molar-refractivity contribution is 7.89. The highest BCUT2D eigenvalue weighted by atomic mass is 32.2. The van der Waals surface area contributed by atoms with Crippen molar-refractivity contribution < 1.29 is 13.2 Å². The molecule has 0 aromatic carbocycles. The second kappa shape index (κ2) is 6.81. The lowest BCUT2D eigenvalue weighted by molar-refractivity contribution is -0.125. The minimum Gasteiger partial charge on any atom is -0.369 e. The summed E-state index contributed by atoms with van der Waals surface area (Å²) in [5, 5.41) is 2.95. The Morgan fingerprint density at radius 2 is 1.90 bits per heavy atom. The standard InChI is InChI=1S/C12H21N5O3S/c1-4-5-14-11-15-6-9(7-16-11)21(19,20)17-8-12(2,3)10(13)18/h6-7,17H,4-5,8H2,1-3H3,(H2,13,18)(H,14,15,16). The van der Waals surface area contributed by atoms with Gasteiger partial charge in [0.1, 0.15) is 4.90 Å². The summed E-state index contributed by atoms with van der Waals surface area (Å²) in [4.78, 5) is 19.0. The Morgan fingerprint density at radius 3 is 2.38 bits per heavy atom. The van der Waals surface area contributed by atoms with E-state index in [0.717, 1.165) is 6.42 Å². The minimum absolute atomic E-state index is 0.0650. The van der Waals surface area contributed by atoms with E-state index < -0.39 is 21.3 Å². The Morgan fingerprint density at radius 1 is 1.33 bits per heavy atom. The number of anilines is 1. The Bertz CT molecular complexity index is 583. The lowest BCUT2D eigenvalue weighted by atomic mass is 9.93. The molecule has 0 aliphatic heterocycles. The molecule has 0 aliphatic carbocycles. The van der Waals surface area contributed by atoms with E-state index in [0.29, 0.717) is 12.5 Å². The third-order valence-electron chi connectivity index (χ3n) is 2.84. The molecule has 1 heterocycles. The highest BCUT2D eigenvalue weighted by Gasteiger charge is 2.27. The Kier molecular flexibility index (Phi) is 5.62. The first-order valence-electron chi connectivity index (χ1n) is 6.54. The number of aromatic nitrogens is 2. The number of nitrogens with two attached hydrogens (primary N) is 1. The van der Waals surface area contributed by atoms with Gasteiger partial charge in [0.25, 0.3) is 0 Å². The normalized spacial score (nSPS) is 12.1.